The average molecular weight is 284 g/mol. The van der Waals surface area contributed by atoms with E-state index in [0.29, 0.717) is 17.8 Å². The third-order valence-electron chi connectivity index (χ3n) is 3.23. The van der Waals surface area contributed by atoms with Gasteiger partial charge in [0.05, 0.1) is 11.4 Å². The fourth-order valence-electron chi connectivity index (χ4n) is 2.07. The number of hydrogen-bond acceptors (Lipinski definition) is 4. The van der Waals surface area contributed by atoms with Crippen LogP contribution < -0.4 is 16.4 Å². The Morgan fingerprint density at radius 2 is 2.00 bits per heavy atom. The number of nitrogens with zero attached hydrogens (tertiary/aromatic N) is 1. The fraction of sp³-hybridized carbons (Fsp3) is 0.250. The van der Waals surface area contributed by atoms with Crippen LogP contribution >= 0.6 is 0 Å². The normalized spacial score (nSPS) is 11.7. The zero-order valence-electron chi connectivity index (χ0n) is 12.3. The number of nitrogen functional groups attached to an aromatic ring is 1. The van der Waals surface area contributed by atoms with Crippen LogP contribution in [0.25, 0.3) is 0 Å². The van der Waals surface area contributed by atoms with Crippen molar-refractivity contribution >= 4 is 17.3 Å². The van der Waals surface area contributed by atoms with Gasteiger partial charge >= 0.3 is 0 Å². The van der Waals surface area contributed by atoms with Gasteiger partial charge in [0.25, 0.3) is 5.91 Å². The quantitative estimate of drug-likeness (QED) is 0.737. The topological polar surface area (TPSA) is 80.0 Å². The summed E-state index contributed by atoms with van der Waals surface area (Å²) in [6.07, 6.45) is 3.52. The summed E-state index contributed by atoms with van der Waals surface area (Å²) in [4.78, 5) is 15.8. The van der Waals surface area contributed by atoms with Crippen LogP contribution in [0.1, 0.15) is 35.8 Å². The molecule has 5 nitrogen and oxygen atoms in total. The van der Waals surface area contributed by atoms with Gasteiger partial charge in [-0.1, -0.05) is 0 Å². The van der Waals surface area contributed by atoms with Gasteiger partial charge in [0.15, 0.2) is 0 Å². The van der Waals surface area contributed by atoms with E-state index in [1.165, 1.54) is 0 Å². The molecule has 5 heteroatoms. The van der Waals surface area contributed by atoms with Crippen molar-refractivity contribution < 1.29 is 4.79 Å². The van der Waals surface area contributed by atoms with E-state index in [1.807, 2.05) is 32.0 Å². The number of amides is 1. The van der Waals surface area contributed by atoms with Crippen molar-refractivity contribution in [3.8, 4) is 0 Å². The second kappa shape index (κ2) is 6.74. The van der Waals surface area contributed by atoms with E-state index in [9.17, 15) is 4.79 Å². The van der Waals surface area contributed by atoms with Crippen molar-refractivity contribution in [2.24, 2.45) is 0 Å². The molecule has 0 spiro atoms. The van der Waals surface area contributed by atoms with Crippen molar-refractivity contribution in [3.05, 3.63) is 53.9 Å². The molecule has 1 aromatic heterocycles. The number of nitrogens with one attached hydrogen (secondary N) is 2. The molecule has 1 atom stereocenters. The van der Waals surface area contributed by atoms with Gasteiger partial charge in [0.1, 0.15) is 0 Å². The Morgan fingerprint density at radius 3 is 2.62 bits per heavy atom. The number of hydrogen-bond donors (Lipinski definition) is 3. The first-order valence-electron chi connectivity index (χ1n) is 6.96. The first-order chi connectivity index (χ1) is 10.1. The average Bonchev–Trinajstić information content (AvgIpc) is 2.50. The zero-order valence-corrected chi connectivity index (χ0v) is 12.3. The minimum Gasteiger partial charge on any atom is -0.397 e. The van der Waals surface area contributed by atoms with Gasteiger partial charge < -0.3 is 16.4 Å². The molecule has 2 rings (SSSR count). The first-order valence-corrected chi connectivity index (χ1v) is 6.96. The zero-order chi connectivity index (χ0) is 15.2. The van der Waals surface area contributed by atoms with Crippen LogP contribution in [0.15, 0.2) is 42.7 Å². The number of carbonyl (C=O) groups is 1. The first kappa shape index (κ1) is 14.8. The van der Waals surface area contributed by atoms with Gasteiger partial charge in [-0.3, -0.25) is 9.78 Å². The van der Waals surface area contributed by atoms with E-state index in [-0.39, 0.29) is 11.9 Å². The number of nitrogens with two attached hydrogens (primary N) is 1. The minimum atomic E-state index is -0.113. The van der Waals surface area contributed by atoms with Crippen LogP contribution in [0.5, 0.6) is 0 Å². The number of benzene rings is 1. The lowest BCUT2D eigenvalue weighted by Crippen LogP contribution is -2.22. The second-order valence-corrected chi connectivity index (χ2v) is 4.81. The molecule has 1 aromatic carbocycles. The molecule has 0 bridgehead atoms. The number of anilines is 2. The maximum Gasteiger partial charge on any atom is 0.251 e. The number of aromatic nitrogens is 1. The van der Waals surface area contributed by atoms with Crippen LogP contribution in [-0.2, 0) is 0 Å². The third-order valence-corrected chi connectivity index (χ3v) is 3.23. The Balaban J connectivity index is 2.13. The van der Waals surface area contributed by atoms with Crippen LogP contribution in [0.4, 0.5) is 11.4 Å². The smallest absolute Gasteiger partial charge is 0.251 e. The Hall–Kier alpha value is -2.56. The highest BCUT2D eigenvalue weighted by Crippen LogP contribution is 2.25. The third kappa shape index (κ3) is 3.72. The molecule has 0 aliphatic rings. The standard InChI is InChI=1S/C16H20N4O/c1-3-19-16(21)13-4-5-15(14(17)10-13)20-11(2)12-6-8-18-9-7-12/h4-11,20H,3,17H2,1-2H3,(H,19,21). The molecule has 2 aromatic rings. The van der Waals surface area contributed by atoms with E-state index in [1.54, 1.807) is 24.5 Å². The van der Waals surface area contributed by atoms with Crippen molar-refractivity contribution in [1.29, 1.82) is 0 Å². The highest BCUT2D eigenvalue weighted by molar-refractivity contribution is 5.96. The summed E-state index contributed by atoms with van der Waals surface area (Å²) in [6, 6.07) is 9.30. The summed E-state index contributed by atoms with van der Waals surface area (Å²) < 4.78 is 0. The maximum atomic E-state index is 11.8. The predicted octanol–water partition coefficient (Wildman–Crippen LogP) is 2.59. The summed E-state index contributed by atoms with van der Waals surface area (Å²) in [5.41, 5.74) is 9.08. The van der Waals surface area contributed by atoms with Crippen molar-refractivity contribution in [1.82, 2.24) is 10.3 Å². The second-order valence-electron chi connectivity index (χ2n) is 4.81. The molecule has 0 aliphatic carbocycles. The van der Waals surface area contributed by atoms with Crippen LogP contribution in [-0.4, -0.2) is 17.4 Å². The number of rotatable bonds is 5. The van der Waals surface area contributed by atoms with Gasteiger partial charge in [-0.2, -0.15) is 0 Å². The van der Waals surface area contributed by atoms with Gasteiger partial charge in [-0.25, -0.2) is 0 Å². The molecule has 4 N–H and O–H groups in total. The van der Waals surface area contributed by atoms with Gasteiger partial charge in [0.2, 0.25) is 0 Å². The molecule has 1 heterocycles. The number of pyridine rings is 1. The molecule has 110 valence electrons. The summed E-state index contributed by atoms with van der Waals surface area (Å²) >= 11 is 0. The van der Waals surface area contributed by atoms with E-state index < -0.39 is 0 Å². The van der Waals surface area contributed by atoms with Crippen LogP contribution in [0, 0.1) is 0 Å². The Labute approximate surface area is 124 Å². The number of carbonyl (C=O) groups excluding carboxylic acids is 1. The molecule has 21 heavy (non-hydrogen) atoms. The van der Waals surface area contributed by atoms with Gasteiger partial charge in [-0.05, 0) is 49.7 Å². The largest absolute Gasteiger partial charge is 0.397 e. The fourth-order valence-corrected chi connectivity index (χ4v) is 2.07. The lowest BCUT2D eigenvalue weighted by Gasteiger charge is -2.17. The van der Waals surface area contributed by atoms with Crippen LogP contribution in [0.2, 0.25) is 0 Å². The van der Waals surface area contributed by atoms with Crippen LogP contribution in [0.3, 0.4) is 0 Å². The lowest BCUT2D eigenvalue weighted by atomic mass is 10.1. The SMILES string of the molecule is CCNC(=O)c1ccc(NC(C)c2ccncc2)c(N)c1. The molecular weight excluding hydrogens is 264 g/mol. The summed E-state index contributed by atoms with van der Waals surface area (Å²) in [6.45, 7) is 4.53. The monoisotopic (exact) mass is 284 g/mol. The molecule has 0 saturated heterocycles. The van der Waals surface area contributed by atoms with Crippen molar-refractivity contribution in [2.75, 3.05) is 17.6 Å². The highest BCUT2D eigenvalue weighted by atomic mass is 16.1. The maximum absolute atomic E-state index is 11.8. The molecule has 1 amide bonds. The molecule has 0 fully saturated rings. The Morgan fingerprint density at radius 1 is 1.29 bits per heavy atom. The summed E-state index contributed by atoms with van der Waals surface area (Å²) in [5, 5.41) is 6.09. The van der Waals surface area contributed by atoms with Gasteiger partial charge in [0, 0.05) is 30.5 Å². The highest BCUT2D eigenvalue weighted by Gasteiger charge is 2.10. The lowest BCUT2D eigenvalue weighted by molar-refractivity contribution is 0.0956. The Kier molecular flexibility index (Phi) is 4.77. The molecular formula is C16H20N4O. The molecule has 0 radical (unpaired) electrons. The predicted molar refractivity (Wildman–Crippen MR) is 85.1 cm³/mol. The van der Waals surface area contributed by atoms with Crippen molar-refractivity contribution in [3.63, 3.8) is 0 Å². The van der Waals surface area contributed by atoms with Crippen molar-refractivity contribution in [2.45, 2.75) is 19.9 Å². The van der Waals surface area contributed by atoms with E-state index in [2.05, 4.69) is 15.6 Å². The molecule has 1 unspecified atom stereocenters. The van der Waals surface area contributed by atoms with E-state index in [4.69, 9.17) is 5.73 Å². The minimum absolute atomic E-state index is 0.102. The van der Waals surface area contributed by atoms with E-state index >= 15 is 0 Å². The summed E-state index contributed by atoms with van der Waals surface area (Å²) in [7, 11) is 0. The molecule has 0 saturated carbocycles. The van der Waals surface area contributed by atoms with Gasteiger partial charge in [-0.15, -0.1) is 0 Å². The molecule has 0 aliphatic heterocycles. The summed E-state index contributed by atoms with van der Waals surface area (Å²) in [5.74, 6) is -0.113. The Bertz CT molecular complexity index is 613. The van der Waals surface area contributed by atoms with E-state index in [0.717, 1.165) is 11.3 Å².